The smallest absolute Gasteiger partial charge is 0.268 e. The summed E-state index contributed by atoms with van der Waals surface area (Å²) in [5, 5.41) is 7.32. The molecule has 0 radical (unpaired) electrons. The van der Waals surface area contributed by atoms with Gasteiger partial charge >= 0.3 is 0 Å². The maximum atomic E-state index is 12.5. The lowest BCUT2D eigenvalue weighted by molar-refractivity contribution is -0.117. The lowest BCUT2D eigenvalue weighted by Crippen LogP contribution is -2.38. The Morgan fingerprint density at radius 3 is 2.83 bits per heavy atom. The molecule has 1 N–H and O–H groups in total. The summed E-state index contributed by atoms with van der Waals surface area (Å²) in [6, 6.07) is 9.11. The van der Waals surface area contributed by atoms with Crippen LogP contribution < -0.4 is 20.5 Å². The Bertz CT molecular complexity index is 922. The molecule has 1 aromatic carbocycles. The summed E-state index contributed by atoms with van der Waals surface area (Å²) >= 11 is 0. The monoisotopic (exact) mass is 396 g/mol. The van der Waals surface area contributed by atoms with Crippen LogP contribution in [0.25, 0.3) is 0 Å². The van der Waals surface area contributed by atoms with E-state index >= 15 is 0 Å². The van der Waals surface area contributed by atoms with E-state index in [0.29, 0.717) is 23.8 Å². The number of hydrogen-bond donors (Lipinski definition) is 1. The third kappa shape index (κ3) is 4.96. The summed E-state index contributed by atoms with van der Waals surface area (Å²) in [4.78, 5) is 27.1. The summed E-state index contributed by atoms with van der Waals surface area (Å²) in [6.07, 6.45) is 6.63. The van der Waals surface area contributed by atoms with Gasteiger partial charge < -0.3 is 15.0 Å². The van der Waals surface area contributed by atoms with E-state index in [1.54, 1.807) is 24.1 Å². The van der Waals surface area contributed by atoms with Crippen molar-refractivity contribution in [2.24, 2.45) is 11.8 Å². The molecule has 1 amide bonds. The van der Waals surface area contributed by atoms with Gasteiger partial charge in [0.15, 0.2) is 0 Å². The number of rotatable bonds is 7. The number of methoxy groups -OCH3 is 1. The highest BCUT2D eigenvalue weighted by Crippen LogP contribution is 2.30. The van der Waals surface area contributed by atoms with Crippen LogP contribution in [0.3, 0.4) is 0 Å². The van der Waals surface area contributed by atoms with Gasteiger partial charge in [0.2, 0.25) is 5.91 Å². The molecule has 2 aromatic rings. The number of para-hydroxylation sites is 2. The highest BCUT2D eigenvalue weighted by molar-refractivity contribution is 5.92. The Kier molecular flexibility index (Phi) is 5.83. The summed E-state index contributed by atoms with van der Waals surface area (Å²) in [6.45, 7) is 2.37. The van der Waals surface area contributed by atoms with Crippen molar-refractivity contribution in [3.05, 3.63) is 46.9 Å². The maximum Gasteiger partial charge on any atom is 0.268 e. The van der Waals surface area contributed by atoms with E-state index in [-0.39, 0.29) is 17.4 Å². The van der Waals surface area contributed by atoms with Crippen LogP contribution >= 0.6 is 0 Å². The number of carbonyl (C=O) groups is 1. The molecule has 1 saturated carbocycles. The minimum Gasteiger partial charge on any atom is -0.495 e. The van der Waals surface area contributed by atoms with Crippen LogP contribution in [0.2, 0.25) is 0 Å². The van der Waals surface area contributed by atoms with E-state index in [1.807, 2.05) is 24.3 Å². The normalized spacial score (nSPS) is 19.1. The molecule has 2 heterocycles. The molecule has 29 heavy (non-hydrogen) atoms. The molecule has 7 heteroatoms. The Morgan fingerprint density at radius 1 is 1.24 bits per heavy atom. The number of aromatic nitrogens is 2. The summed E-state index contributed by atoms with van der Waals surface area (Å²) < 4.78 is 6.87. The second-order valence-electron chi connectivity index (χ2n) is 8.08. The molecule has 1 atom stereocenters. The van der Waals surface area contributed by atoms with E-state index in [2.05, 4.69) is 15.3 Å². The van der Waals surface area contributed by atoms with E-state index in [1.165, 1.54) is 12.8 Å². The van der Waals surface area contributed by atoms with Gasteiger partial charge in [0.1, 0.15) is 5.75 Å². The van der Waals surface area contributed by atoms with Gasteiger partial charge in [-0.3, -0.25) is 9.59 Å². The van der Waals surface area contributed by atoms with Crippen molar-refractivity contribution in [2.75, 3.05) is 30.4 Å². The van der Waals surface area contributed by atoms with Crippen LogP contribution in [-0.2, 0) is 11.3 Å². The molecular weight excluding hydrogens is 368 g/mol. The highest BCUT2D eigenvalue weighted by atomic mass is 16.5. The summed E-state index contributed by atoms with van der Waals surface area (Å²) in [5.41, 5.74) is 1.51. The number of ether oxygens (including phenoxy) is 1. The number of benzene rings is 1. The predicted octanol–water partition coefficient (Wildman–Crippen LogP) is 2.91. The van der Waals surface area contributed by atoms with E-state index in [4.69, 9.17) is 4.74 Å². The van der Waals surface area contributed by atoms with Crippen LogP contribution in [0.4, 0.5) is 11.4 Å². The lowest BCUT2D eigenvalue weighted by Gasteiger charge is -2.34. The predicted molar refractivity (Wildman–Crippen MR) is 112 cm³/mol. The average Bonchev–Trinajstić information content (AvgIpc) is 3.54. The van der Waals surface area contributed by atoms with Gasteiger partial charge in [0.05, 0.1) is 24.7 Å². The molecule has 2 fully saturated rings. The van der Waals surface area contributed by atoms with Crippen molar-refractivity contribution in [1.82, 2.24) is 9.78 Å². The first-order chi connectivity index (χ1) is 14.1. The number of amides is 1. The van der Waals surface area contributed by atoms with Crippen LogP contribution in [0.15, 0.2) is 41.3 Å². The van der Waals surface area contributed by atoms with Crippen molar-refractivity contribution in [3.63, 3.8) is 0 Å². The molecule has 154 valence electrons. The first-order valence-corrected chi connectivity index (χ1v) is 10.4. The number of hydrogen-bond acceptors (Lipinski definition) is 5. The quantitative estimate of drug-likeness (QED) is 0.779. The Morgan fingerprint density at radius 2 is 2.07 bits per heavy atom. The Balaban J connectivity index is 1.36. The zero-order chi connectivity index (χ0) is 20.2. The third-order valence-electron chi connectivity index (χ3n) is 5.72. The van der Waals surface area contributed by atoms with Crippen molar-refractivity contribution in [2.45, 2.75) is 38.6 Å². The number of nitrogens with zero attached hydrogens (tertiary/aromatic N) is 3. The van der Waals surface area contributed by atoms with Crippen molar-refractivity contribution in [1.29, 1.82) is 0 Å². The summed E-state index contributed by atoms with van der Waals surface area (Å²) in [7, 11) is 1.59. The first-order valence-electron chi connectivity index (χ1n) is 10.4. The molecule has 1 aliphatic carbocycles. The van der Waals surface area contributed by atoms with Crippen LogP contribution in [0.1, 0.15) is 32.1 Å². The Labute approximate surface area is 170 Å². The standard InChI is InChI=1S/C22H28N4O3/c1-29-20-7-3-2-6-19(20)24-21(27)11-17-5-4-10-25(14-17)18-12-22(28)26(23-13-18)15-16-8-9-16/h2-3,6-7,12-13,16-17H,4-5,8-11,14-15H2,1H3,(H,24,27). The fourth-order valence-electron chi connectivity index (χ4n) is 3.96. The summed E-state index contributed by atoms with van der Waals surface area (Å²) in [5.74, 6) is 1.50. The first kappa shape index (κ1) is 19.5. The van der Waals surface area contributed by atoms with Gasteiger partial charge in [0.25, 0.3) is 5.56 Å². The molecule has 1 unspecified atom stereocenters. The number of nitrogens with one attached hydrogen (secondary N) is 1. The van der Waals surface area contributed by atoms with E-state index in [0.717, 1.165) is 38.2 Å². The zero-order valence-corrected chi connectivity index (χ0v) is 16.8. The molecule has 1 aromatic heterocycles. The molecule has 7 nitrogen and oxygen atoms in total. The van der Waals surface area contributed by atoms with Gasteiger partial charge in [-0.1, -0.05) is 12.1 Å². The molecule has 1 saturated heterocycles. The second-order valence-corrected chi connectivity index (χ2v) is 8.08. The van der Waals surface area contributed by atoms with Gasteiger partial charge in [0, 0.05) is 32.1 Å². The minimum atomic E-state index is -0.0366. The molecule has 4 rings (SSSR count). The fraction of sp³-hybridized carbons (Fsp3) is 0.500. The highest BCUT2D eigenvalue weighted by Gasteiger charge is 2.25. The largest absolute Gasteiger partial charge is 0.495 e. The van der Waals surface area contributed by atoms with E-state index in [9.17, 15) is 9.59 Å². The molecule has 2 aliphatic rings. The third-order valence-corrected chi connectivity index (χ3v) is 5.72. The molecule has 1 aliphatic heterocycles. The topological polar surface area (TPSA) is 76.5 Å². The fourth-order valence-corrected chi connectivity index (χ4v) is 3.96. The van der Waals surface area contributed by atoms with Crippen molar-refractivity contribution in [3.8, 4) is 5.75 Å². The second kappa shape index (κ2) is 8.68. The number of anilines is 2. The zero-order valence-electron chi connectivity index (χ0n) is 16.8. The minimum absolute atomic E-state index is 0.0145. The maximum absolute atomic E-state index is 12.5. The van der Waals surface area contributed by atoms with Crippen LogP contribution in [0.5, 0.6) is 5.75 Å². The van der Waals surface area contributed by atoms with Crippen LogP contribution in [0, 0.1) is 11.8 Å². The van der Waals surface area contributed by atoms with Crippen molar-refractivity contribution < 1.29 is 9.53 Å². The number of piperidine rings is 1. The van der Waals surface area contributed by atoms with Gasteiger partial charge in [-0.15, -0.1) is 0 Å². The number of carbonyl (C=O) groups excluding carboxylic acids is 1. The SMILES string of the molecule is COc1ccccc1NC(=O)CC1CCCN(c2cnn(CC3CC3)c(=O)c2)C1. The molecule has 0 spiro atoms. The van der Waals surface area contributed by atoms with Gasteiger partial charge in [-0.05, 0) is 49.7 Å². The average molecular weight is 396 g/mol. The molecule has 0 bridgehead atoms. The van der Waals surface area contributed by atoms with Gasteiger partial charge in [-0.2, -0.15) is 5.10 Å². The van der Waals surface area contributed by atoms with Gasteiger partial charge in [-0.25, -0.2) is 4.68 Å². The Hall–Kier alpha value is -2.83. The molecular formula is C22H28N4O3. The lowest BCUT2D eigenvalue weighted by atomic mass is 9.94. The van der Waals surface area contributed by atoms with Crippen molar-refractivity contribution >= 4 is 17.3 Å². The van der Waals surface area contributed by atoms with Crippen LogP contribution in [-0.4, -0.2) is 35.9 Å². The van der Waals surface area contributed by atoms with E-state index < -0.39 is 0 Å².